The van der Waals surface area contributed by atoms with Gasteiger partial charge in [0, 0.05) is 0 Å². The maximum absolute atomic E-state index is 10.7. The van der Waals surface area contributed by atoms with E-state index < -0.39 is 17.4 Å². The minimum Gasteiger partial charge on any atom is -0.436 e. The molecule has 1 atom stereocenters. The first-order valence-electron chi connectivity index (χ1n) is 6.26. The minimum atomic E-state index is -3.23. The van der Waals surface area contributed by atoms with Crippen molar-refractivity contribution in [2.24, 2.45) is 0 Å². The van der Waals surface area contributed by atoms with Crippen LogP contribution in [0.2, 0.25) is 0 Å². The van der Waals surface area contributed by atoms with Crippen molar-refractivity contribution in [3.63, 3.8) is 0 Å². The van der Waals surface area contributed by atoms with Crippen LogP contribution in [0.4, 0.5) is 0 Å². The maximum atomic E-state index is 10.7. The van der Waals surface area contributed by atoms with E-state index in [1.807, 2.05) is 0 Å². The van der Waals surface area contributed by atoms with Gasteiger partial charge in [-0.05, 0) is 17.7 Å². The molecule has 110 valence electrons. The number of rotatable bonds is 1. The molecular formula is C15H14O6. The molecule has 1 heterocycles. The molecule has 0 saturated carbocycles. The third kappa shape index (κ3) is 1.71. The third-order valence-corrected chi connectivity index (χ3v) is 3.68. The van der Waals surface area contributed by atoms with E-state index in [9.17, 15) is 25.5 Å². The van der Waals surface area contributed by atoms with E-state index in [1.165, 1.54) is 48.5 Å². The van der Waals surface area contributed by atoms with Gasteiger partial charge in [0.2, 0.25) is 11.4 Å². The maximum Gasteiger partial charge on any atom is 0.363 e. The summed E-state index contributed by atoms with van der Waals surface area (Å²) in [5.41, 5.74) is -3.18. The van der Waals surface area contributed by atoms with Gasteiger partial charge in [0.15, 0.2) is 0 Å². The number of benzene rings is 2. The van der Waals surface area contributed by atoms with Crippen LogP contribution in [0, 0.1) is 0 Å². The Morgan fingerprint density at radius 1 is 0.714 bits per heavy atom. The zero-order valence-corrected chi connectivity index (χ0v) is 10.8. The normalized spacial score (nSPS) is 25.8. The topological polar surface area (TPSA) is 110 Å². The van der Waals surface area contributed by atoms with Crippen LogP contribution in [0.15, 0.2) is 54.6 Å². The van der Waals surface area contributed by atoms with Crippen molar-refractivity contribution in [3.8, 4) is 5.75 Å². The zero-order chi connectivity index (χ0) is 15.3. The molecule has 0 spiro atoms. The van der Waals surface area contributed by atoms with E-state index in [0.717, 1.165) is 0 Å². The summed E-state index contributed by atoms with van der Waals surface area (Å²) in [7, 11) is 0. The minimum absolute atomic E-state index is 0.116. The summed E-state index contributed by atoms with van der Waals surface area (Å²) in [5.74, 6) is -6.34. The summed E-state index contributed by atoms with van der Waals surface area (Å²) < 4.78 is 4.97. The Kier molecular flexibility index (Phi) is 2.84. The lowest BCUT2D eigenvalue weighted by molar-refractivity contribution is -0.462. The highest BCUT2D eigenvalue weighted by Crippen LogP contribution is 2.52. The third-order valence-electron chi connectivity index (χ3n) is 3.68. The molecule has 0 aromatic heterocycles. The van der Waals surface area contributed by atoms with Gasteiger partial charge >= 0.3 is 5.97 Å². The smallest absolute Gasteiger partial charge is 0.363 e. The van der Waals surface area contributed by atoms with Crippen molar-refractivity contribution in [2.45, 2.75) is 17.4 Å². The van der Waals surface area contributed by atoms with Gasteiger partial charge in [0.1, 0.15) is 5.75 Å². The first-order chi connectivity index (χ1) is 9.81. The van der Waals surface area contributed by atoms with E-state index in [0.29, 0.717) is 0 Å². The fourth-order valence-electron chi connectivity index (χ4n) is 2.56. The van der Waals surface area contributed by atoms with Crippen LogP contribution < -0.4 is 4.74 Å². The van der Waals surface area contributed by atoms with Gasteiger partial charge in [-0.25, -0.2) is 0 Å². The summed E-state index contributed by atoms with van der Waals surface area (Å²) in [4.78, 5) is 0. The summed E-state index contributed by atoms with van der Waals surface area (Å²) in [5, 5.41) is 51.8. The highest BCUT2D eigenvalue weighted by molar-refractivity contribution is 5.44. The van der Waals surface area contributed by atoms with Crippen LogP contribution in [-0.4, -0.2) is 31.5 Å². The van der Waals surface area contributed by atoms with Crippen LogP contribution in [0.3, 0.4) is 0 Å². The fraction of sp³-hybridized carbons (Fsp3) is 0.200. The van der Waals surface area contributed by atoms with Crippen molar-refractivity contribution in [3.05, 3.63) is 65.7 Å². The van der Waals surface area contributed by atoms with Crippen molar-refractivity contribution in [1.82, 2.24) is 0 Å². The first kappa shape index (κ1) is 14.0. The second-order valence-electron chi connectivity index (χ2n) is 4.96. The molecular weight excluding hydrogens is 276 g/mol. The molecule has 21 heavy (non-hydrogen) atoms. The second-order valence-corrected chi connectivity index (χ2v) is 4.96. The Balaban J connectivity index is 2.30. The average molecular weight is 290 g/mol. The van der Waals surface area contributed by atoms with Crippen molar-refractivity contribution in [2.75, 3.05) is 0 Å². The fourth-order valence-corrected chi connectivity index (χ4v) is 2.56. The Morgan fingerprint density at radius 2 is 1.29 bits per heavy atom. The Hall–Kier alpha value is -1.96. The number of hydrogen-bond donors (Lipinski definition) is 5. The van der Waals surface area contributed by atoms with E-state index in [1.54, 1.807) is 6.07 Å². The molecule has 0 aliphatic carbocycles. The van der Waals surface area contributed by atoms with Crippen LogP contribution in [0.5, 0.6) is 5.75 Å². The lowest BCUT2D eigenvalue weighted by Gasteiger charge is -2.49. The van der Waals surface area contributed by atoms with Crippen LogP contribution in [-0.2, 0) is 11.4 Å². The Bertz CT molecular complexity index is 667. The number of aliphatic hydroxyl groups is 5. The van der Waals surface area contributed by atoms with Crippen LogP contribution >= 0.6 is 0 Å². The molecule has 6 heteroatoms. The molecule has 5 N–H and O–H groups in total. The highest BCUT2D eigenvalue weighted by atomic mass is 16.8. The monoisotopic (exact) mass is 290 g/mol. The quantitative estimate of drug-likeness (QED) is 0.463. The standard InChI is InChI=1S/C15H14O6/c16-13(10-6-2-1-3-7-10)14(17,18)11-8-4-5-9-12(11)21-15(13,19)20/h1-9,16-20H. The molecule has 0 amide bonds. The van der Waals surface area contributed by atoms with Crippen molar-refractivity contribution >= 4 is 0 Å². The van der Waals surface area contributed by atoms with Gasteiger partial charge < -0.3 is 30.3 Å². The molecule has 3 rings (SSSR count). The summed E-state index contributed by atoms with van der Waals surface area (Å²) in [6.45, 7) is 0. The Labute approximate surface area is 120 Å². The molecule has 0 bridgehead atoms. The Morgan fingerprint density at radius 3 is 1.95 bits per heavy atom. The van der Waals surface area contributed by atoms with E-state index in [4.69, 9.17) is 4.74 Å². The zero-order valence-electron chi connectivity index (χ0n) is 10.8. The van der Waals surface area contributed by atoms with Gasteiger partial charge in [0.25, 0.3) is 0 Å². The molecule has 0 saturated heterocycles. The predicted molar refractivity (Wildman–Crippen MR) is 70.7 cm³/mol. The van der Waals surface area contributed by atoms with Gasteiger partial charge in [0.05, 0.1) is 5.56 Å². The van der Waals surface area contributed by atoms with Gasteiger partial charge in [-0.2, -0.15) is 0 Å². The average Bonchev–Trinajstić information content (AvgIpc) is 2.46. The molecule has 0 radical (unpaired) electrons. The summed E-state index contributed by atoms with van der Waals surface area (Å²) >= 11 is 0. The van der Waals surface area contributed by atoms with Gasteiger partial charge in [-0.3, -0.25) is 0 Å². The molecule has 2 aromatic rings. The summed E-state index contributed by atoms with van der Waals surface area (Å²) in [6, 6.07) is 13.0. The van der Waals surface area contributed by atoms with Crippen LogP contribution in [0.1, 0.15) is 11.1 Å². The summed E-state index contributed by atoms with van der Waals surface area (Å²) in [6.07, 6.45) is 0. The van der Waals surface area contributed by atoms with Crippen molar-refractivity contribution in [1.29, 1.82) is 0 Å². The number of hydrogen-bond acceptors (Lipinski definition) is 6. The van der Waals surface area contributed by atoms with E-state index in [2.05, 4.69) is 0 Å². The largest absolute Gasteiger partial charge is 0.436 e. The SMILES string of the molecule is OC1(O)Oc2ccccc2C(O)(O)C1(O)c1ccccc1. The lowest BCUT2D eigenvalue weighted by atomic mass is 9.77. The number of ether oxygens (including phenoxy) is 1. The molecule has 1 aliphatic rings. The molecule has 2 aromatic carbocycles. The van der Waals surface area contributed by atoms with Crippen LogP contribution in [0.25, 0.3) is 0 Å². The van der Waals surface area contributed by atoms with Crippen molar-refractivity contribution < 1.29 is 30.3 Å². The first-order valence-corrected chi connectivity index (χ1v) is 6.26. The molecule has 1 aliphatic heterocycles. The van der Waals surface area contributed by atoms with Gasteiger partial charge in [-0.15, -0.1) is 0 Å². The lowest BCUT2D eigenvalue weighted by Crippen LogP contribution is -2.69. The number of para-hydroxylation sites is 1. The molecule has 1 unspecified atom stereocenters. The van der Waals surface area contributed by atoms with E-state index >= 15 is 0 Å². The van der Waals surface area contributed by atoms with E-state index in [-0.39, 0.29) is 16.9 Å². The second kappa shape index (κ2) is 4.27. The highest BCUT2D eigenvalue weighted by Gasteiger charge is 2.69. The van der Waals surface area contributed by atoms with Gasteiger partial charge in [-0.1, -0.05) is 42.5 Å². The molecule has 6 nitrogen and oxygen atoms in total. The number of fused-ring (bicyclic) bond motifs is 1. The predicted octanol–water partition coefficient (Wildman–Crippen LogP) is -0.257. The molecule has 0 fully saturated rings.